The van der Waals surface area contributed by atoms with Crippen molar-refractivity contribution >= 4 is 12.0 Å². The smallest absolute Gasteiger partial charge is 0.258 e. The molecule has 0 amide bonds. The quantitative estimate of drug-likeness (QED) is 0.252. The van der Waals surface area contributed by atoms with Gasteiger partial charge in [-0.1, -0.05) is 18.5 Å². The van der Waals surface area contributed by atoms with Crippen LogP contribution in [0.1, 0.15) is 42.2 Å². The molecule has 126 valence electrons. The Bertz CT molecular complexity index is 701. The minimum Gasteiger partial charge on any atom is -0.411 e. The highest BCUT2D eigenvalue weighted by molar-refractivity contribution is 5.95. The van der Waals surface area contributed by atoms with Gasteiger partial charge in [0.15, 0.2) is 24.4 Å². The average Bonchev–Trinajstić information content (AvgIpc) is 2.61. The van der Waals surface area contributed by atoms with Crippen LogP contribution in [0.5, 0.6) is 0 Å². The third kappa shape index (κ3) is 5.24. The van der Waals surface area contributed by atoms with Crippen molar-refractivity contribution < 1.29 is 23.9 Å². The van der Waals surface area contributed by atoms with Crippen molar-refractivity contribution in [3.8, 4) is 0 Å². The molecule has 1 N–H and O–H groups in total. The van der Waals surface area contributed by atoms with E-state index < -0.39 is 0 Å². The summed E-state index contributed by atoms with van der Waals surface area (Å²) in [4.78, 5) is 12.1. The third-order valence-corrected chi connectivity index (χ3v) is 3.57. The Morgan fingerprint density at radius 1 is 1.25 bits per heavy atom. The SMILES string of the molecule is CCCCC(=O)c1ccc[n+](COC[n+]2ccccc2/C=N/O)c1. The molecule has 0 radical (unpaired) electrons. The van der Waals surface area contributed by atoms with E-state index in [2.05, 4.69) is 12.1 Å². The first-order valence-electron chi connectivity index (χ1n) is 8.00. The van der Waals surface area contributed by atoms with E-state index in [0.717, 1.165) is 18.5 Å². The highest BCUT2D eigenvalue weighted by Crippen LogP contribution is 2.04. The predicted molar refractivity (Wildman–Crippen MR) is 87.6 cm³/mol. The van der Waals surface area contributed by atoms with E-state index in [9.17, 15) is 4.79 Å². The van der Waals surface area contributed by atoms with E-state index in [-0.39, 0.29) is 5.78 Å². The molecule has 0 aromatic carbocycles. The van der Waals surface area contributed by atoms with Crippen LogP contribution in [0.25, 0.3) is 0 Å². The minimum atomic E-state index is 0.157. The van der Waals surface area contributed by atoms with E-state index in [1.807, 2.05) is 58.1 Å². The molecule has 0 unspecified atom stereocenters. The van der Waals surface area contributed by atoms with Gasteiger partial charge >= 0.3 is 0 Å². The first-order valence-corrected chi connectivity index (χ1v) is 8.00. The molecule has 6 heteroatoms. The summed E-state index contributed by atoms with van der Waals surface area (Å²) >= 11 is 0. The van der Waals surface area contributed by atoms with Gasteiger partial charge in [0.05, 0.1) is 5.56 Å². The number of unbranched alkanes of at least 4 members (excludes halogenated alkanes) is 1. The van der Waals surface area contributed by atoms with Crippen molar-refractivity contribution in [2.75, 3.05) is 0 Å². The molecule has 0 atom stereocenters. The molecule has 0 saturated heterocycles. The Morgan fingerprint density at radius 2 is 2.12 bits per heavy atom. The van der Waals surface area contributed by atoms with Gasteiger partial charge in [0.25, 0.3) is 13.5 Å². The standard InChI is InChI=1S/C18H22N3O3/c1-2-3-9-18(22)16-7-6-10-20(13-16)14-24-15-21-11-5-4-8-17(21)12-19-23/h4-8,10-13H,2-3,9,14-15H2,1H3/q+1/p+1. The molecule has 2 aromatic rings. The number of hydrogen-bond acceptors (Lipinski definition) is 4. The summed E-state index contributed by atoms with van der Waals surface area (Å²) in [6.07, 6.45) is 9.35. The zero-order valence-corrected chi connectivity index (χ0v) is 13.8. The predicted octanol–water partition coefficient (Wildman–Crippen LogP) is 2.07. The number of Topliss-reactive ketones (excluding diaryl/α,β-unsaturated/α-hetero) is 1. The molecule has 0 spiro atoms. The average molecular weight is 329 g/mol. The summed E-state index contributed by atoms with van der Waals surface area (Å²) in [5.74, 6) is 0.157. The fraction of sp³-hybridized carbons (Fsp3) is 0.333. The maximum Gasteiger partial charge on any atom is 0.258 e. The van der Waals surface area contributed by atoms with Crippen LogP contribution in [0.4, 0.5) is 0 Å². The van der Waals surface area contributed by atoms with Gasteiger partial charge in [0.2, 0.25) is 5.69 Å². The van der Waals surface area contributed by atoms with Crippen LogP contribution in [0, 0.1) is 0 Å². The Hall–Kier alpha value is -2.60. The second kappa shape index (κ2) is 9.52. The Morgan fingerprint density at radius 3 is 2.92 bits per heavy atom. The number of oxime groups is 1. The maximum atomic E-state index is 12.1. The van der Waals surface area contributed by atoms with Crippen LogP contribution < -0.4 is 9.13 Å². The summed E-state index contributed by atoms with van der Waals surface area (Å²) in [7, 11) is 0. The van der Waals surface area contributed by atoms with E-state index in [1.165, 1.54) is 6.21 Å². The molecule has 0 saturated carbocycles. The fourth-order valence-electron chi connectivity index (χ4n) is 2.28. The summed E-state index contributed by atoms with van der Waals surface area (Å²) < 4.78 is 9.33. The lowest BCUT2D eigenvalue weighted by atomic mass is 10.1. The van der Waals surface area contributed by atoms with Gasteiger partial charge in [-0.15, -0.1) is 0 Å². The molecule has 0 aliphatic rings. The topological polar surface area (TPSA) is 66.7 Å². The molecular formula is C18H23N3O3+2. The van der Waals surface area contributed by atoms with E-state index >= 15 is 0 Å². The monoisotopic (exact) mass is 329 g/mol. The summed E-state index contributed by atoms with van der Waals surface area (Å²) in [6.45, 7) is 2.71. The van der Waals surface area contributed by atoms with Crippen molar-refractivity contribution in [1.82, 2.24) is 0 Å². The molecule has 6 nitrogen and oxygen atoms in total. The second-order valence-corrected chi connectivity index (χ2v) is 5.44. The van der Waals surface area contributed by atoms with Crippen molar-refractivity contribution in [3.05, 3.63) is 60.2 Å². The van der Waals surface area contributed by atoms with Crippen molar-refractivity contribution in [2.24, 2.45) is 5.16 Å². The summed E-state index contributed by atoms with van der Waals surface area (Å²) in [5.41, 5.74) is 1.43. The second-order valence-electron chi connectivity index (χ2n) is 5.44. The highest BCUT2D eigenvalue weighted by atomic mass is 16.5. The molecule has 2 aromatic heterocycles. The molecule has 2 rings (SSSR count). The fourth-order valence-corrected chi connectivity index (χ4v) is 2.28. The largest absolute Gasteiger partial charge is 0.411 e. The summed E-state index contributed by atoms with van der Waals surface area (Å²) in [6, 6.07) is 9.23. The van der Waals surface area contributed by atoms with Crippen LogP contribution in [0.15, 0.2) is 54.1 Å². The number of rotatable bonds is 9. The highest BCUT2D eigenvalue weighted by Gasteiger charge is 2.12. The van der Waals surface area contributed by atoms with Crippen molar-refractivity contribution in [3.63, 3.8) is 0 Å². The van der Waals surface area contributed by atoms with Gasteiger partial charge in [0.1, 0.15) is 6.21 Å². The summed E-state index contributed by atoms with van der Waals surface area (Å²) in [5, 5.41) is 11.7. The minimum absolute atomic E-state index is 0.157. The molecule has 24 heavy (non-hydrogen) atoms. The number of pyridine rings is 2. The number of hydrogen-bond donors (Lipinski definition) is 1. The van der Waals surface area contributed by atoms with Gasteiger partial charge in [-0.2, -0.15) is 9.13 Å². The number of nitrogens with zero attached hydrogens (tertiary/aromatic N) is 3. The van der Waals surface area contributed by atoms with Gasteiger partial charge < -0.3 is 5.21 Å². The zero-order chi connectivity index (χ0) is 17.2. The van der Waals surface area contributed by atoms with Crippen molar-refractivity contribution in [2.45, 2.75) is 39.6 Å². The van der Waals surface area contributed by atoms with E-state index in [0.29, 0.717) is 25.4 Å². The zero-order valence-electron chi connectivity index (χ0n) is 13.8. The number of aromatic nitrogens is 2. The van der Waals surface area contributed by atoms with Gasteiger partial charge in [-0.05, 0) is 18.6 Å². The molecule has 0 aliphatic heterocycles. The molecule has 2 heterocycles. The van der Waals surface area contributed by atoms with Gasteiger partial charge in [0, 0.05) is 24.6 Å². The number of ketones is 1. The first kappa shape index (κ1) is 17.7. The Balaban J connectivity index is 1.94. The Labute approximate surface area is 141 Å². The van der Waals surface area contributed by atoms with Gasteiger partial charge in [-0.25, -0.2) is 0 Å². The lowest BCUT2D eigenvalue weighted by Gasteiger charge is -2.02. The molecular weight excluding hydrogens is 306 g/mol. The van der Waals surface area contributed by atoms with E-state index in [1.54, 1.807) is 0 Å². The molecule has 0 aliphatic carbocycles. The molecule has 0 bridgehead atoms. The number of ether oxygens (including phenoxy) is 1. The maximum absolute atomic E-state index is 12.1. The van der Waals surface area contributed by atoms with E-state index in [4.69, 9.17) is 9.94 Å². The number of carbonyl (C=O) groups is 1. The Kier molecular flexibility index (Phi) is 7.04. The lowest BCUT2D eigenvalue weighted by molar-refractivity contribution is -0.788. The normalized spacial score (nSPS) is 11.0. The van der Waals surface area contributed by atoms with Crippen LogP contribution in [0.2, 0.25) is 0 Å². The molecule has 0 fully saturated rings. The first-order chi connectivity index (χ1) is 11.7. The van der Waals surface area contributed by atoms with Gasteiger partial charge in [-0.3, -0.25) is 9.53 Å². The lowest BCUT2D eigenvalue weighted by Crippen LogP contribution is -2.43. The van der Waals surface area contributed by atoms with Crippen molar-refractivity contribution in [1.29, 1.82) is 0 Å². The third-order valence-electron chi connectivity index (χ3n) is 3.57. The van der Waals surface area contributed by atoms with Crippen LogP contribution in [-0.2, 0) is 18.2 Å². The van der Waals surface area contributed by atoms with Crippen LogP contribution in [-0.4, -0.2) is 17.2 Å². The van der Waals surface area contributed by atoms with Crippen LogP contribution in [0.3, 0.4) is 0 Å². The van der Waals surface area contributed by atoms with Crippen LogP contribution >= 0.6 is 0 Å². The number of carbonyl (C=O) groups excluding carboxylic acids is 1.